The van der Waals surface area contributed by atoms with Crippen LogP contribution in [-0.2, 0) is 4.74 Å². The third-order valence-corrected chi connectivity index (χ3v) is 2.77. The van der Waals surface area contributed by atoms with Crippen LogP contribution in [-0.4, -0.2) is 12.2 Å². The van der Waals surface area contributed by atoms with Gasteiger partial charge in [0.2, 0.25) is 0 Å². The van der Waals surface area contributed by atoms with Gasteiger partial charge in [0.25, 0.3) is 0 Å². The van der Waals surface area contributed by atoms with Crippen LogP contribution in [0.15, 0.2) is 12.2 Å². The Morgan fingerprint density at radius 1 is 1.31 bits per heavy atom. The van der Waals surface area contributed by atoms with Gasteiger partial charge in [-0.1, -0.05) is 26.0 Å². The molecule has 0 unspecified atom stereocenters. The summed E-state index contributed by atoms with van der Waals surface area (Å²) in [4.78, 5) is 0. The first-order valence-corrected chi connectivity index (χ1v) is 5.54. The van der Waals surface area contributed by atoms with E-state index in [2.05, 4.69) is 32.9 Å². The Morgan fingerprint density at radius 3 is 2.62 bits per heavy atom. The van der Waals surface area contributed by atoms with Crippen LogP contribution >= 0.6 is 0 Å². The van der Waals surface area contributed by atoms with E-state index in [0.29, 0.717) is 12.2 Å². The molecule has 1 heterocycles. The van der Waals surface area contributed by atoms with Crippen LogP contribution in [0.2, 0.25) is 0 Å². The van der Waals surface area contributed by atoms with Crippen LogP contribution in [0.1, 0.15) is 46.5 Å². The van der Waals surface area contributed by atoms with Gasteiger partial charge in [-0.15, -0.1) is 0 Å². The molecule has 1 heteroatoms. The summed E-state index contributed by atoms with van der Waals surface area (Å²) in [5.74, 6) is 0.755. The maximum atomic E-state index is 5.82. The van der Waals surface area contributed by atoms with E-state index in [0.717, 1.165) is 12.3 Å². The zero-order valence-electron chi connectivity index (χ0n) is 9.12. The highest BCUT2D eigenvalue weighted by atomic mass is 16.5. The lowest BCUT2D eigenvalue weighted by molar-refractivity contribution is 0.0413. The van der Waals surface area contributed by atoms with Gasteiger partial charge in [-0.25, -0.2) is 0 Å². The zero-order valence-corrected chi connectivity index (χ0v) is 9.12. The number of ether oxygens (including phenoxy) is 1. The summed E-state index contributed by atoms with van der Waals surface area (Å²) in [5.41, 5.74) is 0. The lowest BCUT2D eigenvalue weighted by Gasteiger charge is -2.13. The number of rotatable bonds is 4. The van der Waals surface area contributed by atoms with Crippen LogP contribution in [0.25, 0.3) is 0 Å². The van der Waals surface area contributed by atoms with Crippen molar-refractivity contribution < 1.29 is 4.74 Å². The largest absolute Gasteiger partial charge is 0.375 e. The fraction of sp³-hybridized carbons (Fsp3) is 0.833. The summed E-state index contributed by atoms with van der Waals surface area (Å²) < 4.78 is 5.82. The fourth-order valence-corrected chi connectivity index (χ4v) is 2.06. The summed E-state index contributed by atoms with van der Waals surface area (Å²) in [7, 11) is 0. The van der Waals surface area contributed by atoms with Crippen molar-refractivity contribution in [3.05, 3.63) is 12.2 Å². The van der Waals surface area contributed by atoms with E-state index in [4.69, 9.17) is 4.74 Å². The maximum absolute atomic E-state index is 5.82. The minimum atomic E-state index is 0.482. The van der Waals surface area contributed by atoms with Gasteiger partial charge in [-0.05, 0) is 38.5 Å². The fourth-order valence-electron chi connectivity index (χ4n) is 2.06. The molecule has 0 aromatic carbocycles. The van der Waals surface area contributed by atoms with Gasteiger partial charge in [0.05, 0.1) is 12.2 Å². The molecule has 1 aliphatic heterocycles. The molecule has 13 heavy (non-hydrogen) atoms. The van der Waals surface area contributed by atoms with Gasteiger partial charge in [0, 0.05) is 0 Å². The lowest BCUT2D eigenvalue weighted by atomic mass is 9.98. The molecule has 0 aromatic heterocycles. The molecule has 0 N–H and O–H groups in total. The zero-order chi connectivity index (χ0) is 9.68. The Morgan fingerprint density at radius 2 is 2.08 bits per heavy atom. The van der Waals surface area contributed by atoms with Gasteiger partial charge < -0.3 is 4.74 Å². The highest BCUT2D eigenvalue weighted by Crippen LogP contribution is 2.28. The third kappa shape index (κ3) is 3.51. The number of hydrogen-bond acceptors (Lipinski definition) is 1. The van der Waals surface area contributed by atoms with E-state index >= 15 is 0 Å². The van der Waals surface area contributed by atoms with Crippen LogP contribution in [0.5, 0.6) is 0 Å². The van der Waals surface area contributed by atoms with Crippen molar-refractivity contribution >= 4 is 0 Å². The Labute approximate surface area is 82.2 Å². The molecule has 1 nitrogen and oxygen atoms in total. The molecular formula is C12H22O. The van der Waals surface area contributed by atoms with Crippen LogP contribution < -0.4 is 0 Å². The van der Waals surface area contributed by atoms with Crippen molar-refractivity contribution in [2.24, 2.45) is 5.92 Å². The van der Waals surface area contributed by atoms with Gasteiger partial charge in [0.1, 0.15) is 0 Å². The quantitative estimate of drug-likeness (QED) is 0.604. The van der Waals surface area contributed by atoms with Crippen LogP contribution in [0, 0.1) is 5.92 Å². The molecule has 0 bridgehead atoms. The Hall–Kier alpha value is -0.300. The first kappa shape index (κ1) is 10.8. The smallest absolute Gasteiger partial charge is 0.0608 e. The molecule has 76 valence electrons. The summed E-state index contributed by atoms with van der Waals surface area (Å²) in [6.45, 7) is 6.66. The van der Waals surface area contributed by atoms with E-state index in [-0.39, 0.29) is 0 Å². The lowest BCUT2D eigenvalue weighted by Crippen LogP contribution is -2.12. The highest BCUT2D eigenvalue weighted by molar-refractivity contribution is 4.84. The van der Waals surface area contributed by atoms with Gasteiger partial charge >= 0.3 is 0 Å². The van der Waals surface area contributed by atoms with Crippen molar-refractivity contribution in [1.82, 2.24) is 0 Å². The molecule has 0 aromatic rings. The van der Waals surface area contributed by atoms with Crippen molar-refractivity contribution in [3.8, 4) is 0 Å². The normalized spacial score (nSPS) is 34.5. The molecule has 0 aliphatic carbocycles. The first-order valence-electron chi connectivity index (χ1n) is 5.54. The van der Waals surface area contributed by atoms with Gasteiger partial charge in [0.15, 0.2) is 0 Å². The molecule has 0 radical (unpaired) electrons. The standard InChI is InChI=1S/C12H22O/c1-4-5-6-7-8-12-10(2)9-11(3)13-12/h5-6,10-12H,4,7-9H2,1-3H3/b6-5+/t10-,11-,12-/m0/s1. The Bertz CT molecular complexity index is 163. The SMILES string of the molecule is CC/C=C/CC[C@@H]1O[C@@H](C)C[C@@H]1C. The predicted molar refractivity (Wildman–Crippen MR) is 56.8 cm³/mol. The molecule has 3 atom stereocenters. The monoisotopic (exact) mass is 182 g/mol. The van der Waals surface area contributed by atoms with Crippen molar-refractivity contribution in [1.29, 1.82) is 0 Å². The van der Waals surface area contributed by atoms with Crippen molar-refractivity contribution in [2.45, 2.75) is 58.7 Å². The Balaban J connectivity index is 2.18. The second kappa shape index (κ2) is 5.43. The molecule has 0 amide bonds. The molecule has 1 fully saturated rings. The summed E-state index contributed by atoms with van der Waals surface area (Å²) in [6.07, 6.45) is 10.3. The van der Waals surface area contributed by atoms with Crippen molar-refractivity contribution in [3.63, 3.8) is 0 Å². The second-order valence-corrected chi connectivity index (χ2v) is 4.16. The predicted octanol–water partition coefficient (Wildman–Crippen LogP) is 3.55. The third-order valence-electron chi connectivity index (χ3n) is 2.77. The summed E-state index contributed by atoms with van der Waals surface area (Å²) >= 11 is 0. The molecule has 1 saturated heterocycles. The van der Waals surface area contributed by atoms with Gasteiger partial charge in [-0.2, -0.15) is 0 Å². The average Bonchev–Trinajstić information content (AvgIpc) is 2.39. The van der Waals surface area contributed by atoms with E-state index in [1.54, 1.807) is 0 Å². The van der Waals surface area contributed by atoms with E-state index in [9.17, 15) is 0 Å². The number of hydrogen-bond donors (Lipinski definition) is 0. The molecule has 0 saturated carbocycles. The first-order chi connectivity index (χ1) is 6.24. The second-order valence-electron chi connectivity index (χ2n) is 4.16. The molecule has 0 spiro atoms. The number of allylic oxidation sites excluding steroid dienone is 2. The average molecular weight is 182 g/mol. The van der Waals surface area contributed by atoms with E-state index in [1.807, 2.05) is 0 Å². The highest BCUT2D eigenvalue weighted by Gasteiger charge is 2.28. The van der Waals surface area contributed by atoms with E-state index in [1.165, 1.54) is 19.3 Å². The molecule has 1 rings (SSSR count). The topological polar surface area (TPSA) is 9.23 Å². The summed E-state index contributed by atoms with van der Waals surface area (Å²) in [5, 5.41) is 0. The molecule has 1 aliphatic rings. The minimum Gasteiger partial charge on any atom is -0.375 e. The minimum absolute atomic E-state index is 0.482. The Kier molecular flexibility index (Phi) is 4.51. The summed E-state index contributed by atoms with van der Waals surface area (Å²) in [6, 6.07) is 0. The van der Waals surface area contributed by atoms with E-state index < -0.39 is 0 Å². The van der Waals surface area contributed by atoms with Crippen molar-refractivity contribution in [2.75, 3.05) is 0 Å². The van der Waals surface area contributed by atoms with Crippen LogP contribution in [0.3, 0.4) is 0 Å². The maximum Gasteiger partial charge on any atom is 0.0608 e. The molecular weight excluding hydrogens is 160 g/mol. The van der Waals surface area contributed by atoms with Crippen LogP contribution in [0.4, 0.5) is 0 Å². The van der Waals surface area contributed by atoms with Gasteiger partial charge in [-0.3, -0.25) is 0 Å².